The molecule has 3 N–H and O–H groups in total. The monoisotopic (exact) mass is 609 g/mol. The molecule has 3 rings (SSSR count). The van der Waals surface area contributed by atoms with Crippen LogP contribution in [0.3, 0.4) is 0 Å². The van der Waals surface area contributed by atoms with Gasteiger partial charge in [0.1, 0.15) is 23.7 Å². The van der Waals surface area contributed by atoms with Crippen LogP contribution in [0.1, 0.15) is 84.9 Å². The molecule has 0 spiro atoms. The number of terminal acetylenes is 1. The molecule has 1 aromatic carbocycles. The van der Waals surface area contributed by atoms with E-state index in [-0.39, 0.29) is 24.9 Å². The number of carbonyl (C=O) groups excluding carboxylic acids is 5. The number of benzene rings is 1. The normalized spacial score (nSPS) is 21.2. The van der Waals surface area contributed by atoms with Crippen molar-refractivity contribution in [1.82, 2.24) is 25.8 Å². The van der Waals surface area contributed by atoms with Crippen LogP contribution >= 0.6 is 0 Å². The quantitative estimate of drug-likeness (QED) is 0.407. The third-order valence-electron chi connectivity index (χ3n) is 8.08. The Balaban J connectivity index is 1.84. The third kappa shape index (κ3) is 8.52. The molecule has 1 aliphatic heterocycles. The Labute approximate surface area is 260 Å². The van der Waals surface area contributed by atoms with Gasteiger partial charge in [-0.05, 0) is 75.8 Å². The van der Waals surface area contributed by atoms with E-state index in [0.29, 0.717) is 0 Å². The zero-order valence-electron chi connectivity index (χ0n) is 27.2. The van der Waals surface area contributed by atoms with Crippen LogP contribution in [-0.2, 0) is 30.3 Å². The van der Waals surface area contributed by atoms with E-state index in [2.05, 4.69) is 22.0 Å². The van der Waals surface area contributed by atoms with Gasteiger partial charge < -0.3 is 25.6 Å². The molecule has 240 valence electrons. The fourth-order valence-corrected chi connectivity index (χ4v) is 5.58. The zero-order valence-corrected chi connectivity index (χ0v) is 27.2. The van der Waals surface area contributed by atoms with Crippen LogP contribution in [0.2, 0.25) is 0 Å². The minimum atomic E-state index is -1.04. The first-order valence-electron chi connectivity index (χ1n) is 15.1. The predicted molar refractivity (Wildman–Crippen MR) is 166 cm³/mol. The predicted octanol–water partition coefficient (Wildman–Crippen LogP) is 2.69. The first-order chi connectivity index (χ1) is 20.4. The van der Waals surface area contributed by atoms with Crippen LogP contribution in [0.25, 0.3) is 0 Å². The minimum Gasteiger partial charge on any atom is -0.444 e. The lowest BCUT2D eigenvalue weighted by atomic mass is 9.85. The van der Waals surface area contributed by atoms with Gasteiger partial charge in [-0.15, -0.1) is 6.42 Å². The molecule has 11 heteroatoms. The molecular formula is C33H47N5O6. The van der Waals surface area contributed by atoms with Crippen LogP contribution < -0.4 is 16.0 Å². The van der Waals surface area contributed by atoms with E-state index in [1.165, 1.54) is 22.4 Å². The second-order valence-corrected chi connectivity index (χ2v) is 13.8. The molecule has 5 atom stereocenters. The van der Waals surface area contributed by atoms with Gasteiger partial charge in [-0.2, -0.15) is 0 Å². The van der Waals surface area contributed by atoms with Crippen LogP contribution in [0.15, 0.2) is 24.3 Å². The van der Waals surface area contributed by atoms with Crippen molar-refractivity contribution in [3.63, 3.8) is 0 Å². The molecule has 5 amide bonds. The fourth-order valence-electron chi connectivity index (χ4n) is 5.58. The Kier molecular flexibility index (Phi) is 10.7. The van der Waals surface area contributed by atoms with Gasteiger partial charge in [0.2, 0.25) is 17.7 Å². The Morgan fingerprint density at radius 1 is 1.07 bits per heavy atom. The van der Waals surface area contributed by atoms with Crippen LogP contribution in [0.4, 0.5) is 4.79 Å². The number of rotatable bonds is 7. The summed E-state index contributed by atoms with van der Waals surface area (Å²) >= 11 is 0. The molecule has 2 aliphatic rings. The summed E-state index contributed by atoms with van der Waals surface area (Å²) in [5.41, 5.74) is 0.731. The molecule has 1 aromatic rings. The second-order valence-electron chi connectivity index (χ2n) is 13.8. The first-order valence-corrected chi connectivity index (χ1v) is 15.1. The standard InChI is InChI=1S/C33H47N5O6/c1-10-26(39)34-22-18-25(29(41)35-24-17-13-15-21-14-11-12-16-23(21)24)38(19-22)30(42)27(32(3,4)5)36-28(40)20(2)37(9)31(43)44-33(6,7)8/h1,11-12,14,16,20,22,24-25,27H,13,15,17-19H2,2-9H3,(H,34,39)(H,35,41)(H,36,40)/t20-,22-,24+,25-,27+/m0/s1. The van der Waals surface area contributed by atoms with Gasteiger partial charge in [-0.25, -0.2) is 4.79 Å². The highest BCUT2D eigenvalue weighted by molar-refractivity contribution is 5.96. The highest BCUT2D eigenvalue weighted by atomic mass is 16.6. The smallest absolute Gasteiger partial charge is 0.410 e. The van der Waals surface area contributed by atoms with Crippen molar-refractivity contribution < 1.29 is 28.7 Å². The van der Waals surface area contributed by atoms with E-state index >= 15 is 0 Å². The number of carbonyl (C=O) groups is 5. The third-order valence-corrected chi connectivity index (χ3v) is 8.08. The lowest BCUT2D eigenvalue weighted by Crippen LogP contribution is -2.60. The molecule has 0 saturated carbocycles. The van der Waals surface area contributed by atoms with E-state index in [1.54, 1.807) is 48.5 Å². The average molecular weight is 610 g/mol. The fraction of sp³-hybridized carbons (Fsp3) is 0.606. The van der Waals surface area contributed by atoms with Crippen molar-refractivity contribution in [2.24, 2.45) is 5.41 Å². The average Bonchev–Trinajstić information content (AvgIpc) is 3.37. The lowest BCUT2D eigenvalue weighted by Gasteiger charge is -2.37. The number of likely N-dealkylation sites (N-methyl/N-ethyl adjacent to an activating group) is 1. The maximum Gasteiger partial charge on any atom is 0.410 e. The Morgan fingerprint density at radius 3 is 2.34 bits per heavy atom. The Hall–Kier alpha value is -4.07. The van der Waals surface area contributed by atoms with Crippen LogP contribution in [0.5, 0.6) is 0 Å². The molecule has 1 fully saturated rings. The topological polar surface area (TPSA) is 137 Å². The Morgan fingerprint density at radius 2 is 1.73 bits per heavy atom. The van der Waals surface area contributed by atoms with Gasteiger partial charge >= 0.3 is 6.09 Å². The van der Waals surface area contributed by atoms with Crippen molar-refractivity contribution in [1.29, 1.82) is 0 Å². The zero-order chi connectivity index (χ0) is 33.0. The largest absolute Gasteiger partial charge is 0.444 e. The number of nitrogens with one attached hydrogen (secondary N) is 3. The summed E-state index contributed by atoms with van der Waals surface area (Å²) in [5.74, 6) is 0.0237. The molecule has 0 radical (unpaired) electrons. The van der Waals surface area contributed by atoms with E-state index in [1.807, 2.05) is 24.1 Å². The summed E-state index contributed by atoms with van der Waals surface area (Å²) in [6.07, 6.45) is 7.39. The molecule has 0 aromatic heterocycles. The molecule has 0 bridgehead atoms. The summed E-state index contributed by atoms with van der Waals surface area (Å²) in [4.78, 5) is 68.7. The van der Waals surface area contributed by atoms with E-state index in [9.17, 15) is 24.0 Å². The molecule has 1 aliphatic carbocycles. The number of likely N-dealkylation sites (tertiary alicyclic amines) is 1. The van der Waals surface area contributed by atoms with Crippen molar-refractivity contribution in [3.05, 3.63) is 35.4 Å². The van der Waals surface area contributed by atoms with Crippen molar-refractivity contribution in [3.8, 4) is 12.3 Å². The van der Waals surface area contributed by atoms with Gasteiger partial charge in [0, 0.05) is 19.6 Å². The van der Waals surface area contributed by atoms with Crippen LogP contribution in [-0.4, -0.2) is 82.9 Å². The summed E-state index contributed by atoms with van der Waals surface area (Å²) in [5, 5.41) is 8.67. The van der Waals surface area contributed by atoms with Gasteiger partial charge in [-0.1, -0.05) is 45.0 Å². The summed E-state index contributed by atoms with van der Waals surface area (Å²) < 4.78 is 5.39. The van der Waals surface area contributed by atoms with Crippen molar-refractivity contribution in [2.45, 2.75) is 110 Å². The number of fused-ring (bicyclic) bond motifs is 1. The van der Waals surface area contributed by atoms with E-state index in [0.717, 1.165) is 24.8 Å². The minimum absolute atomic E-state index is 0.0431. The summed E-state index contributed by atoms with van der Waals surface area (Å²) in [6.45, 7) is 12.2. The van der Waals surface area contributed by atoms with Crippen molar-refractivity contribution in [2.75, 3.05) is 13.6 Å². The van der Waals surface area contributed by atoms with Gasteiger partial charge in [0.05, 0.1) is 6.04 Å². The maximum atomic E-state index is 14.2. The number of hydrogen-bond acceptors (Lipinski definition) is 6. The molecule has 0 unspecified atom stereocenters. The van der Waals surface area contributed by atoms with Crippen LogP contribution in [0, 0.1) is 17.8 Å². The molecule has 11 nitrogen and oxygen atoms in total. The van der Waals surface area contributed by atoms with E-state index < -0.39 is 59.0 Å². The number of ether oxygens (including phenoxy) is 1. The maximum absolute atomic E-state index is 14.2. The van der Waals surface area contributed by atoms with Crippen molar-refractivity contribution >= 4 is 29.7 Å². The number of nitrogens with zero attached hydrogens (tertiary/aromatic N) is 2. The van der Waals surface area contributed by atoms with Gasteiger partial charge in [0.25, 0.3) is 5.91 Å². The number of aryl methyl sites for hydroxylation is 1. The van der Waals surface area contributed by atoms with E-state index in [4.69, 9.17) is 11.2 Å². The number of hydrogen-bond donors (Lipinski definition) is 3. The first kappa shape index (κ1) is 34.4. The lowest BCUT2D eigenvalue weighted by molar-refractivity contribution is -0.144. The summed E-state index contributed by atoms with van der Waals surface area (Å²) in [7, 11) is 1.45. The summed E-state index contributed by atoms with van der Waals surface area (Å²) in [6, 6.07) is 4.34. The highest BCUT2D eigenvalue weighted by Crippen LogP contribution is 2.31. The molecule has 1 heterocycles. The van der Waals surface area contributed by atoms with Gasteiger partial charge in [0.15, 0.2) is 0 Å². The molecular weight excluding hydrogens is 562 g/mol. The second kappa shape index (κ2) is 13.7. The molecule has 1 saturated heterocycles. The molecule has 44 heavy (non-hydrogen) atoms. The highest BCUT2D eigenvalue weighted by Gasteiger charge is 2.46. The van der Waals surface area contributed by atoms with Gasteiger partial charge in [-0.3, -0.25) is 24.1 Å². The SMILES string of the molecule is C#CC(=O)N[C@H]1C[C@@H](C(=O)N[C@@H]2CCCc3ccccc32)N(C(=O)[C@@H](NC(=O)[C@H](C)N(C)C(=O)OC(C)(C)C)C(C)(C)C)C1. The Bertz CT molecular complexity index is 1310. The number of amides is 5.